The van der Waals surface area contributed by atoms with Crippen molar-refractivity contribution in [3.8, 4) is 0 Å². The molecular weight excluding hydrogens is 219 g/mol. The van der Waals surface area contributed by atoms with Crippen LogP contribution in [-0.2, 0) is 4.74 Å². The molecule has 3 nitrogen and oxygen atoms in total. The predicted molar refractivity (Wildman–Crippen MR) is 63.5 cm³/mol. The number of hydrogen-bond acceptors (Lipinski definition) is 2. The van der Waals surface area contributed by atoms with Gasteiger partial charge in [-0.25, -0.2) is 4.39 Å². The van der Waals surface area contributed by atoms with Crippen molar-refractivity contribution in [3.05, 3.63) is 29.7 Å². The van der Waals surface area contributed by atoms with Gasteiger partial charge in [0, 0.05) is 12.0 Å². The molecule has 1 aliphatic heterocycles. The van der Waals surface area contributed by atoms with Crippen LogP contribution in [0.4, 0.5) is 4.39 Å². The summed E-state index contributed by atoms with van der Waals surface area (Å²) in [5.74, 6) is -0.208. The number of rotatable bonds is 1. The largest absolute Gasteiger partial charge is 0.379 e. The molecule has 0 spiro atoms. The first-order valence-corrected chi connectivity index (χ1v) is 5.98. The summed E-state index contributed by atoms with van der Waals surface area (Å²) in [5.41, 5.74) is 1.88. The lowest BCUT2D eigenvalue weighted by Gasteiger charge is -2.23. The SMILES string of the molecule is Cc1nn(C2CCCOC2)c2ccc(F)cc12. The molecule has 2 heterocycles. The van der Waals surface area contributed by atoms with Crippen LogP contribution in [0.3, 0.4) is 0 Å². The van der Waals surface area contributed by atoms with Crippen molar-refractivity contribution >= 4 is 10.9 Å². The zero-order valence-corrected chi connectivity index (χ0v) is 9.82. The van der Waals surface area contributed by atoms with Crippen LogP contribution in [0.25, 0.3) is 10.9 Å². The second-order valence-electron chi connectivity index (χ2n) is 4.56. The Bertz CT molecular complexity index is 544. The molecule has 2 aromatic rings. The average Bonchev–Trinajstić information content (AvgIpc) is 2.68. The number of benzene rings is 1. The topological polar surface area (TPSA) is 27.1 Å². The van der Waals surface area contributed by atoms with Gasteiger partial charge in [-0.2, -0.15) is 5.10 Å². The molecule has 0 bridgehead atoms. The molecule has 3 rings (SSSR count). The van der Waals surface area contributed by atoms with Gasteiger partial charge in [-0.1, -0.05) is 0 Å². The summed E-state index contributed by atoms with van der Waals surface area (Å²) in [5, 5.41) is 5.42. The van der Waals surface area contributed by atoms with Crippen molar-refractivity contribution in [1.82, 2.24) is 9.78 Å². The first-order valence-electron chi connectivity index (χ1n) is 5.98. The van der Waals surface area contributed by atoms with Crippen molar-refractivity contribution in [1.29, 1.82) is 0 Å². The quantitative estimate of drug-likeness (QED) is 0.758. The molecule has 0 saturated carbocycles. The monoisotopic (exact) mass is 234 g/mol. The molecule has 1 fully saturated rings. The van der Waals surface area contributed by atoms with Gasteiger partial charge in [0.25, 0.3) is 0 Å². The number of nitrogens with zero attached hydrogens (tertiary/aromatic N) is 2. The second kappa shape index (κ2) is 4.11. The van der Waals surface area contributed by atoms with E-state index in [1.165, 1.54) is 6.07 Å². The van der Waals surface area contributed by atoms with E-state index >= 15 is 0 Å². The molecule has 0 radical (unpaired) electrons. The molecule has 0 amide bonds. The Hall–Kier alpha value is -1.42. The lowest BCUT2D eigenvalue weighted by atomic mass is 10.1. The van der Waals surface area contributed by atoms with E-state index in [9.17, 15) is 4.39 Å². The van der Waals surface area contributed by atoms with E-state index in [2.05, 4.69) is 5.10 Å². The first-order chi connectivity index (χ1) is 8.25. The number of aryl methyl sites for hydroxylation is 1. The van der Waals surface area contributed by atoms with Crippen molar-refractivity contribution in [3.63, 3.8) is 0 Å². The Labute approximate surface area is 99.2 Å². The Morgan fingerprint density at radius 1 is 1.47 bits per heavy atom. The minimum Gasteiger partial charge on any atom is -0.379 e. The van der Waals surface area contributed by atoms with Crippen LogP contribution in [0.15, 0.2) is 18.2 Å². The van der Waals surface area contributed by atoms with Crippen molar-refractivity contribution in [2.24, 2.45) is 0 Å². The molecule has 90 valence electrons. The lowest BCUT2D eigenvalue weighted by Crippen LogP contribution is -2.22. The van der Waals surface area contributed by atoms with Crippen molar-refractivity contribution in [2.45, 2.75) is 25.8 Å². The minimum absolute atomic E-state index is 0.208. The summed E-state index contributed by atoms with van der Waals surface area (Å²) in [4.78, 5) is 0. The van der Waals surface area contributed by atoms with Crippen LogP contribution in [0.2, 0.25) is 0 Å². The van der Waals surface area contributed by atoms with Crippen LogP contribution >= 0.6 is 0 Å². The van der Waals surface area contributed by atoms with Crippen molar-refractivity contribution < 1.29 is 9.13 Å². The van der Waals surface area contributed by atoms with Gasteiger partial charge < -0.3 is 4.74 Å². The van der Waals surface area contributed by atoms with Gasteiger partial charge in [-0.3, -0.25) is 4.68 Å². The molecule has 1 atom stereocenters. The fourth-order valence-corrected chi connectivity index (χ4v) is 2.46. The van der Waals surface area contributed by atoms with Crippen molar-refractivity contribution in [2.75, 3.05) is 13.2 Å². The summed E-state index contributed by atoms with van der Waals surface area (Å²) in [6.07, 6.45) is 2.14. The standard InChI is InChI=1S/C13H15FN2O/c1-9-12-7-10(14)4-5-13(12)16(15-9)11-3-2-6-17-8-11/h4-5,7,11H,2-3,6,8H2,1H3. The van der Waals surface area contributed by atoms with E-state index in [4.69, 9.17) is 4.74 Å². The molecule has 1 aromatic heterocycles. The molecular formula is C13H15FN2O. The highest BCUT2D eigenvalue weighted by molar-refractivity contribution is 5.81. The van der Waals surface area contributed by atoms with E-state index in [0.29, 0.717) is 6.61 Å². The maximum atomic E-state index is 13.2. The highest BCUT2D eigenvalue weighted by atomic mass is 19.1. The fraction of sp³-hybridized carbons (Fsp3) is 0.462. The van der Waals surface area contributed by atoms with E-state index in [1.807, 2.05) is 11.6 Å². The number of halogens is 1. The number of fused-ring (bicyclic) bond motifs is 1. The number of aromatic nitrogens is 2. The Morgan fingerprint density at radius 2 is 2.35 bits per heavy atom. The Morgan fingerprint density at radius 3 is 3.12 bits per heavy atom. The Balaban J connectivity index is 2.10. The van der Waals surface area contributed by atoms with Crippen LogP contribution in [0.1, 0.15) is 24.6 Å². The smallest absolute Gasteiger partial charge is 0.124 e. The van der Waals surface area contributed by atoms with Crippen LogP contribution in [0.5, 0.6) is 0 Å². The molecule has 4 heteroatoms. The molecule has 0 aliphatic carbocycles. The molecule has 0 N–H and O–H groups in total. The fourth-order valence-electron chi connectivity index (χ4n) is 2.46. The van der Waals surface area contributed by atoms with E-state index in [-0.39, 0.29) is 11.9 Å². The molecule has 1 saturated heterocycles. The summed E-state index contributed by atoms with van der Waals surface area (Å²) >= 11 is 0. The van der Waals surface area contributed by atoms with Gasteiger partial charge >= 0.3 is 0 Å². The van der Waals surface area contributed by atoms with Gasteiger partial charge in [0.1, 0.15) is 5.82 Å². The van der Waals surface area contributed by atoms with Gasteiger partial charge in [-0.15, -0.1) is 0 Å². The van der Waals surface area contributed by atoms with Crippen LogP contribution in [-0.4, -0.2) is 23.0 Å². The minimum atomic E-state index is -0.208. The Kier molecular flexibility index (Phi) is 2.59. The highest BCUT2D eigenvalue weighted by Crippen LogP contribution is 2.26. The third-order valence-corrected chi connectivity index (χ3v) is 3.34. The van der Waals surface area contributed by atoms with Gasteiger partial charge in [0.2, 0.25) is 0 Å². The van der Waals surface area contributed by atoms with Gasteiger partial charge in [0.15, 0.2) is 0 Å². The maximum absolute atomic E-state index is 13.2. The average molecular weight is 234 g/mol. The lowest BCUT2D eigenvalue weighted by molar-refractivity contribution is 0.0564. The van der Waals surface area contributed by atoms with E-state index < -0.39 is 0 Å². The first kappa shape index (κ1) is 10.7. The molecule has 17 heavy (non-hydrogen) atoms. The van der Waals surface area contributed by atoms with Crippen LogP contribution < -0.4 is 0 Å². The third kappa shape index (κ3) is 1.82. The summed E-state index contributed by atoms with van der Waals surface area (Å²) in [7, 11) is 0. The molecule has 1 aromatic carbocycles. The number of ether oxygens (including phenoxy) is 1. The normalized spacial score (nSPS) is 20.9. The maximum Gasteiger partial charge on any atom is 0.124 e. The molecule has 1 aliphatic rings. The predicted octanol–water partition coefficient (Wildman–Crippen LogP) is 2.84. The van der Waals surface area contributed by atoms with Crippen LogP contribution in [0, 0.1) is 12.7 Å². The van der Waals surface area contributed by atoms with E-state index in [1.54, 1.807) is 12.1 Å². The summed E-state index contributed by atoms with van der Waals surface area (Å²) in [6.45, 7) is 3.46. The van der Waals surface area contributed by atoms with Gasteiger partial charge in [-0.05, 0) is 38.0 Å². The summed E-state index contributed by atoms with van der Waals surface area (Å²) in [6, 6.07) is 5.13. The van der Waals surface area contributed by atoms with Gasteiger partial charge in [0.05, 0.1) is 23.9 Å². The van der Waals surface area contributed by atoms with E-state index in [0.717, 1.165) is 36.0 Å². The zero-order valence-electron chi connectivity index (χ0n) is 9.82. The number of hydrogen-bond donors (Lipinski definition) is 0. The zero-order chi connectivity index (χ0) is 11.8. The highest BCUT2D eigenvalue weighted by Gasteiger charge is 2.19. The molecule has 1 unspecified atom stereocenters. The third-order valence-electron chi connectivity index (χ3n) is 3.34. The second-order valence-corrected chi connectivity index (χ2v) is 4.56. The summed E-state index contributed by atoms with van der Waals surface area (Å²) < 4.78 is 20.7.